The highest BCUT2D eigenvalue weighted by Crippen LogP contribution is 2.31. The minimum absolute atomic E-state index is 0.0182. The van der Waals surface area contributed by atoms with Crippen LogP contribution in [0.4, 0.5) is 0 Å². The smallest absolute Gasteiger partial charge is 0.224 e. The molecule has 2 unspecified atom stereocenters. The lowest BCUT2D eigenvalue weighted by atomic mass is 10.0. The van der Waals surface area contributed by atoms with Gasteiger partial charge in [0.2, 0.25) is 5.91 Å². The molecule has 1 saturated heterocycles. The minimum Gasteiger partial charge on any atom is -0.486 e. The SMILES string of the molecule is O=C(Cc1ccccc1Br)NC1CCCN(CC2COc3ccccc3O2)C1. The Hall–Kier alpha value is -2.05. The molecule has 1 N–H and O–H groups in total. The van der Waals surface area contributed by atoms with Gasteiger partial charge in [-0.05, 0) is 43.1 Å². The molecule has 2 aliphatic heterocycles. The molecular formula is C22H25BrN2O3. The van der Waals surface area contributed by atoms with Gasteiger partial charge in [-0.15, -0.1) is 0 Å². The Morgan fingerprint density at radius 3 is 2.79 bits per heavy atom. The molecule has 0 aromatic heterocycles. The monoisotopic (exact) mass is 444 g/mol. The van der Waals surface area contributed by atoms with Gasteiger partial charge in [-0.3, -0.25) is 9.69 Å². The first kappa shape index (κ1) is 19.3. The molecule has 0 radical (unpaired) electrons. The van der Waals surface area contributed by atoms with Gasteiger partial charge in [0.25, 0.3) is 0 Å². The van der Waals surface area contributed by atoms with Crippen LogP contribution >= 0.6 is 15.9 Å². The summed E-state index contributed by atoms with van der Waals surface area (Å²) in [6.45, 7) is 3.25. The van der Waals surface area contributed by atoms with Gasteiger partial charge in [0.15, 0.2) is 11.5 Å². The number of ether oxygens (including phenoxy) is 2. The van der Waals surface area contributed by atoms with Crippen molar-refractivity contribution in [2.24, 2.45) is 0 Å². The average molecular weight is 445 g/mol. The largest absolute Gasteiger partial charge is 0.486 e. The molecule has 0 saturated carbocycles. The van der Waals surface area contributed by atoms with Crippen LogP contribution in [0.2, 0.25) is 0 Å². The molecule has 1 amide bonds. The summed E-state index contributed by atoms with van der Waals surface area (Å²) in [6, 6.07) is 15.8. The van der Waals surface area contributed by atoms with Crippen LogP contribution < -0.4 is 14.8 Å². The summed E-state index contributed by atoms with van der Waals surface area (Å²) in [5.74, 6) is 1.70. The van der Waals surface area contributed by atoms with Gasteiger partial charge in [-0.1, -0.05) is 46.3 Å². The fourth-order valence-corrected chi connectivity index (χ4v) is 4.30. The molecule has 4 rings (SSSR count). The summed E-state index contributed by atoms with van der Waals surface area (Å²) < 4.78 is 12.9. The number of piperidine rings is 1. The zero-order valence-electron chi connectivity index (χ0n) is 15.8. The maximum Gasteiger partial charge on any atom is 0.224 e. The van der Waals surface area contributed by atoms with Gasteiger partial charge in [-0.2, -0.15) is 0 Å². The minimum atomic E-state index is 0.0182. The lowest BCUT2D eigenvalue weighted by Gasteiger charge is -2.36. The van der Waals surface area contributed by atoms with E-state index < -0.39 is 0 Å². The molecular weight excluding hydrogens is 420 g/mol. The number of likely N-dealkylation sites (tertiary alicyclic amines) is 1. The molecule has 0 aliphatic carbocycles. The quantitative estimate of drug-likeness (QED) is 0.767. The number of amides is 1. The lowest BCUT2D eigenvalue weighted by Crippen LogP contribution is -2.51. The second-order valence-corrected chi connectivity index (χ2v) is 8.29. The van der Waals surface area contributed by atoms with E-state index in [1.807, 2.05) is 48.5 Å². The van der Waals surface area contributed by atoms with E-state index in [2.05, 4.69) is 26.1 Å². The van der Waals surface area contributed by atoms with E-state index in [0.717, 1.165) is 54.0 Å². The molecule has 2 aromatic rings. The number of carbonyl (C=O) groups is 1. The standard InChI is InChI=1S/C22H25BrN2O3/c23-19-8-2-1-6-16(19)12-22(26)24-17-7-5-11-25(13-17)14-18-15-27-20-9-3-4-10-21(20)28-18/h1-4,6,8-10,17-18H,5,7,11-15H2,(H,24,26). The number of para-hydroxylation sites is 2. The summed E-state index contributed by atoms with van der Waals surface area (Å²) in [6.07, 6.45) is 2.51. The average Bonchev–Trinajstić information content (AvgIpc) is 2.70. The third-order valence-electron chi connectivity index (χ3n) is 5.21. The van der Waals surface area contributed by atoms with Crippen LogP contribution in [0.15, 0.2) is 53.0 Å². The van der Waals surface area contributed by atoms with Gasteiger partial charge in [0.05, 0.1) is 6.42 Å². The van der Waals surface area contributed by atoms with Crippen molar-refractivity contribution in [3.63, 3.8) is 0 Å². The molecule has 2 aliphatic rings. The van der Waals surface area contributed by atoms with E-state index >= 15 is 0 Å². The van der Waals surface area contributed by atoms with Crippen LogP contribution in [-0.4, -0.2) is 49.2 Å². The van der Waals surface area contributed by atoms with Crippen LogP contribution in [0.25, 0.3) is 0 Å². The van der Waals surface area contributed by atoms with Crippen LogP contribution in [0, 0.1) is 0 Å². The molecule has 2 aromatic carbocycles. The number of carbonyl (C=O) groups excluding carboxylic acids is 1. The molecule has 5 nitrogen and oxygen atoms in total. The maximum absolute atomic E-state index is 12.5. The predicted octanol–water partition coefficient (Wildman–Crippen LogP) is 3.41. The van der Waals surface area contributed by atoms with E-state index in [1.165, 1.54) is 0 Å². The molecule has 28 heavy (non-hydrogen) atoms. The molecule has 0 bridgehead atoms. The van der Waals surface area contributed by atoms with Crippen LogP contribution in [-0.2, 0) is 11.2 Å². The summed E-state index contributed by atoms with van der Waals surface area (Å²) in [4.78, 5) is 14.8. The molecule has 0 spiro atoms. The third kappa shape index (κ3) is 4.86. The van der Waals surface area contributed by atoms with E-state index in [1.54, 1.807) is 0 Å². The van der Waals surface area contributed by atoms with Crippen molar-refractivity contribution >= 4 is 21.8 Å². The third-order valence-corrected chi connectivity index (χ3v) is 5.98. The zero-order valence-corrected chi connectivity index (χ0v) is 17.4. The van der Waals surface area contributed by atoms with E-state index in [0.29, 0.717) is 13.0 Å². The Bertz CT molecular complexity index is 829. The first-order chi connectivity index (χ1) is 13.7. The normalized spacial score (nSPS) is 21.9. The first-order valence-electron chi connectivity index (χ1n) is 9.81. The number of hydrogen-bond donors (Lipinski definition) is 1. The zero-order chi connectivity index (χ0) is 19.3. The Balaban J connectivity index is 1.27. The lowest BCUT2D eigenvalue weighted by molar-refractivity contribution is -0.121. The van der Waals surface area contributed by atoms with Crippen molar-refractivity contribution in [1.82, 2.24) is 10.2 Å². The Labute approximate surface area is 174 Å². The van der Waals surface area contributed by atoms with E-state index in [-0.39, 0.29) is 18.1 Å². The molecule has 148 valence electrons. The van der Waals surface area contributed by atoms with E-state index in [4.69, 9.17) is 9.47 Å². The maximum atomic E-state index is 12.5. The second kappa shape index (κ2) is 8.97. The van der Waals surface area contributed by atoms with Crippen LogP contribution in [0.1, 0.15) is 18.4 Å². The summed E-state index contributed by atoms with van der Waals surface area (Å²) >= 11 is 3.51. The molecule has 2 atom stereocenters. The topological polar surface area (TPSA) is 50.8 Å². The number of rotatable bonds is 5. The molecule has 1 fully saturated rings. The van der Waals surface area contributed by atoms with Crippen molar-refractivity contribution in [1.29, 1.82) is 0 Å². The van der Waals surface area contributed by atoms with Crippen molar-refractivity contribution < 1.29 is 14.3 Å². The fourth-order valence-electron chi connectivity index (χ4n) is 3.87. The van der Waals surface area contributed by atoms with Gasteiger partial charge in [0.1, 0.15) is 12.7 Å². The second-order valence-electron chi connectivity index (χ2n) is 7.43. The Morgan fingerprint density at radius 2 is 1.93 bits per heavy atom. The highest BCUT2D eigenvalue weighted by Gasteiger charge is 2.27. The van der Waals surface area contributed by atoms with Gasteiger partial charge < -0.3 is 14.8 Å². The number of fused-ring (bicyclic) bond motifs is 1. The highest BCUT2D eigenvalue weighted by molar-refractivity contribution is 9.10. The van der Waals surface area contributed by atoms with Gasteiger partial charge >= 0.3 is 0 Å². The fraction of sp³-hybridized carbons (Fsp3) is 0.409. The number of nitrogens with one attached hydrogen (secondary N) is 1. The van der Waals surface area contributed by atoms with Crippen molar-refractivity contribution in [2.45, 2.75) is 31.4 Å². The van der Waals surface area contributed by atoms with Crippen molar-refractivity contribution in [3.05, 3.63) is 58.6 Å². The summed E-state index contributed by atoms with van der Waals surface area (Å²) in [5, 5.41) is 3.20. The van der Waals surface area contributed by atoms with Gasteiger partial charge in [0, 0.05) is 23.6 Å². The number of nitrogens with zero attached hydrogens (tertiary/aromatic N) is 1. The van der Waals surface area contributed by atoms with E-state index in [9.17, 15) is 4.79 Å². The number of hydrogen-bond acceptors (Lipinski definition) is 4. The summed E-state index contributed by atoms with van der Waals surface area (Å²) in [5.41, 5.74) is 1.01. The predicted molar refractivity (Wildman–Crippen MR) is 112 cm³/mol. The Kier molecular flexibility index (Phi) is 6.17. The highest BCUT2D eigenvalue weighted by atomic mass is 79.9. The van der Waals surface area contributed by atoms with Gasteiger partial charge in [-0.25, -0.2) is 0 Å². The van der Waals surface area contributed by atoms with Crippen molar-refractivity contribution in [2.75, 3.05) is 26.2 Å². The Morgan fingerprint density at radius 1 is 1.14 bits per heavy atom. The number of benzene rings is 2. The van der Waals surface area contributed by atoms with Crippen LogP contribution in [0.5, 0.6) is 11.5 Å². The number of halogens is 1. The molecule has 6 heteroatoms. The first-order valence-corrected chi connectivity index (χ1v) is 10.6. The summed E-state index contributed by atoms with van der Waals surface area (Å²) in [7, 11) is 0. The van der Waals surface area contributed by atoms with Crippen molar-refractivity contribution in [3.8, 4) is 11.5 Å². The van der Waals surface area contributed by atoms with Crippen LogP contribution in [0.3, 0.4) is 0 Å². The molecule has 2 heterocycles.